The van der Waals surface area contributed by atoms with E-state index in [9.17, 15) is 13.2 Å². The molecule has 2 aromatic carbocycles. The minimum atomic E-state index is -3.21. The van der Waals surface area contributed by atoms with Gasteiger partial charge in [0.1, 0.15) is 11.5 Å². The lowest BCUT2D eigenvalue weighted by atomic mass is 10.1. The lowest BCUT2D eigenvalue weighted by molar-refractivity contribution is -0.133. The van der Waals surface area contributed by atoms with Gasteiger partial charge in [-0.1, -0.05) is 12.1 Å². The van der Waals surface area contributed by atoms with Crippen LogP contribution in [-0.4, -0.2) is 76.8 Å². The molecule has 8 heteroatoms. The molecular weight excluding hydrogens is 428 g/mol. The van der Waals surface area contributed by atoms with Crippen molar-refractivity contribution in [3.05, 3.63) is 54.1 Å². The largest absolute Gasteiger partial charge is 0.497 e. The molecule has 0 N–H and O–H groups in total. The third-order valence-corrected chi connectivity index (χ3v) is 6.78. The summed E-state index contributed by atoms with van der Waals surface area (Å²) in [7, 11) is -1.54. The van der Waals surface area contributed by atoms with Crippen LogP contribution in [0.15, 0.2) is 53.4 Å². The number of nitrogens with zero attached hydrogens (tertiary/aromatic N) is 2. The van der Waals surface area contributed by atoms with E-state index in [1.165, 1.54) is 24.0 Å². The number of rotatable bonds is 10. The molecule has 174 valence electrons. The van der Waals surface area contributed by atoms with Gasteiger partial charge in [0.15, 0.2) is 9.84 Å². The van der Waals surface area contributed by atoms with E-state index in [4.69, 9.17) is 9.47 Å². The van der Waals surface area contributed by atoms with Crippen LogP contribution in [0.2, 0.25) is 0 Å². The zero-order valence-corrected chi connectivity index (χ0v) is 19.6. The summed E-state index contributed by atoms with van der Waals surface area (Å²) in [4.78, 5) is 17.1. The van der Waals surface area contributed by atoms with Crippen LogP contribution in [0.4, 0.5) is 0 Å². The van der Waals surface area contributed by atoms with Gasteiger partial charge < -0.3 is 14.4 Å². The van der Waals surface area contributed by atoms with Crippen LogP contribution in [0.5, 0.6) is 11.5 Å². The average molecular weight is 461 g/mol. The van der Waals surface area contributed by atoms with Gasteiger partial charge in [-0.3, -0.25) is 9.69 Å². The first-order valence-electron chi connectivity index (χ1n) is 10.9. The monoisotopic (exact) mass is 460 g/mol. The molecule has 1 saturated heterocycles. The lowest BCUT2D eigenvalue weighted by Crippen LogP contribution is -2.49. The van der Waals surface area contributed by atoms with Crippen LogP contribution >= 0.6 is 0 Å². The fourth-order valence-corrected chi connectivity index (χ4v) is 4.29. The molecule has 0 aliphatic carbocycles. The van der Waals surface area contributed by atoms with E-state index in [0.29, 0.717) is 25.2 Å². The predicted octanol–water partition coefficient (Wildman–Crippen LogP) is 2.64. The molecule has 2 aromatic rings. The van der Waals surface area contributed by atoms with E-state index in [1.54, 1.807) is 19.2 Å². The average Bonchev–Trinajstić information content (AvgIpc) is 2.81. The molecule has 1 aliphatic rings. The molecule has 0 spiro atoms. The first kappa shape index (κ1) is 24.1. The van der Waals surface area contributed by atoms with E-state index >= 15 is 0 Å². The highest BCUT2D eigenvalue weighted by molar-refractivity contribution is 7.90. The standard InChI is InChI=1S/C24H32N2O5S/c1-30-21-7-5-20(6-8-21)13-14-25-15-17-26(18-16-25)24(27)4-3-19-31-22-9-11-23(12-10-22)32(2,28)29/h5-12H,3-4,13-19H2,1-2H3. The van der Waals surface area contributed by atoms with Crippen LogP contribution in [0, 0.1) is 0 Å². The maximum Gasteiger partial charge on any atom is 0.222 e. The van der Waals surface area contributed by atoms with Crippen LogP contribution in [0.1, 0.15) is 18.4 Å². The molecule has 1 fully saturated rings. The third-order valence-electron chi connectivity index (χ3n) is 5.66. The molecule has 0 saturated carbocycles. The minimum Gasteiger partial charge on any atom is -0.497 e. The quantitative estimate of drug-likeness (QED) is 0.508. The van der Waals surface area contributed by atoms with Crippen molar-refractivity contribution in [2.24, 2.45) is 0 Å². The van der Waals surface area contributed by atoms with Gasteiger partial charge in [0.05, 0.1) is 18.6 Å². The number of hydrogen-bond acceptors (Lipinski definition) is 6. The number of amides is 1. The summed E-state index contributed by atoms with van der Waals surface area (Å²) < 4.78 is 33.8. The van der Waals surface area contributed by atoms with Crippen molar-refractivity contribution in [1.29, 1.82) is 0 Å². The Morgan fingerprint density at radius 3 is 2.16 bits per heavy atom. The summed E-state index contributed by atoms with van der Waals surface area (Å²) in [6.45, 7) is 4.72. The number of benzene rings is 2. The second kappa shape index (κ2) is 11.3. The highest BCUT2D eigenvalue weighted by atomic mass is 32.2. The molecule has 0 radical (unpaired) electrons. The topological polar surface area (TPSA) is 76.2 Å². The van der Waals surface area contributed by atoms with Crippen LogP contribution in [0.25, 0.3) is 0 Å². The van der Waals surface area contributed by atoms with E-state index < -0.39 is 9.84 Å². The summed E-state index contributed by atoms with van der Waals surface area (Å²) in [5.41, 5.74) is 1.29. The molecule has 0 atom stereocenters. The van der Waals surface area contributed by atoms with Crippen LogP contribution in [-0.2, 0) is 21.1 Å². The second-order valence-corrected chi connectivity index (χ2v) is 10.0. The van der Waals surface area contributed by atoms with Gasteiger partial charge in [0.2, 0.25) is 5.91 Å². The van der Waals surface area contributed by atoms with E-state index in [0.717, 1.165) is 44.9 Å². The highest BCUT2D eigenvalue weighted by Gasteiger charge is 2.20. The number of sulfone groups is 1. The fraction of sp³-hybridized carbons (Fsp3) is 0.458. The molecule has 3 rings (SSSR count). The fourth-order valence-electron chi connectivity index (χ4n) is 3.65. The van der Waals surface area contributed by atoms with Gasteiger partial charge in [-0.2, -0.15) is 0 Å². The smallest absolute Gasteiger partial charge is 0.222 e. The highest BCUT2D eigenvalue weighted by Crippen LogP contribution is 2.16. The first-order chi connectivity index (χ1) is 15.3. The summed E-state index contributed by atoms with van der Waals surface area (Å²) in [6, 6.07) is 14.5. The third kappa shape index (κ3) is 7.24. The molecule has 1 aliphatic heterocycles. The van der Waals surface area contributed by atoms with Gasteiger partial charge in [-0.25, -0.2) is 8.42 Å². The molecule has 7 nitrogen and oxygen atoms in total. The van der Waals surface area contributed by atoms with Crippen molar-refractivity contribution < 1.29 is 22.7 Å². The second-order valence-electron chi connectivity index (χ2n) is 8.02. The summed E-state index contributed by atoms with van der Waals surface area (Å²) >= 11 is 0. The van der Waals surface area contributed by atoms with Gasteiger partial charge in [0, 0.05) is 45.4 Å². The normalized spacial score (nSPS) is 14.9. The maximum absolute atomic E-state index is 12.5. The van der Waals surface area contributed by atoms with Crippen molar-refractivity contribution in [2.45, 2.75) is 24.2 Å². The van der Waals surface area contributed by atoms with Crippen molar-refractivity contribution in [1.82, 2.24) is 9.80 Å². The molecule has 0 unspecified atom stereocenters. The number of hydrogen-bond donors (Lipinski definition) is 0. The Hall–Kier alpha value is -2.58. The number of methoxy groups -OCH3 is 1. The number of carbonyl (C=O) groups is 1. The zero-order valence-electron chi connectivity index (χ0n) is 18.8. The molecule has 1 amide bonds. The predicted molar refractivity (Wildman–Crippen MR) is 124 cm³/mol. The van der Waals surface area contributed by atoms with Gasteiger partial charge in [0.25, 0.3) is 0 Å². The Kier molecular flexibility index (Phi) is 8.53. The SMILES string of the molecule is COc1ccc(CCN2CCN(C(=O)CCCOc3ccc(S(C)(=O)=O)cc3)CC2)cc1. The lowest BCUT2D eigenvalue weighted by Gasteiger charge is -2.34. The van der Waals surface area contributed by atoms with E-state index in [2.05, 4.69) is 17.0 Å². The number of ether oxygens (including phenoxy) is 2. The van der Waals surface area contributed by atoms with E-state index in [-0.39, 0.29) is 10.8 Å². The van der Waals surface area contributed by atoms with Gasteiger partial charge >= 0.3 is 0 Å². The Labute approximate surface area is 190 Å². The Balaban J connectivity index is 1.31. The summed E-state index contributed by atoms with van der Waals surface area (Å²) in [5.74, 6) is 1.64. The van der Waals surface area contributed by atoms with Crippen LogP contribution in [0.3, 0.4) is 0 Å². The minimum absolute atomic E-state index is 0.163. The molecule has 0 bridgehead atoms. The Morgan fingerprint density at radius 2 is 1.56 bits per heavy atom. The Bertz CT molecular complexity index is 966. The van der Waals surface area contributed by atoms with Crippen molar-refractivity contribution in [3.63, 3.8) is 0 Å². The zero-order chi connectivity index (χ0) is 23.0. The van der Waals surface area contributed by atoms with Gasteiger partial charge in [-0.05, 0) is 54.8 Å². The van der Waals surface area contributed by atoms with Crippen LogP contribution < -0.4 is 9.47 Å². The van der Waals surface area contributed by atoms with Crippen molar-refractivity contribution in [2.75, 3.05) is 52.7 Å². The summed E-state index contributed by atoms with van der Waals surface area (Å²) in [5, 5.41) is 0. The number of carbonyl (C=O) groups excluding carboxylic acids is 1. The molecule has 1 heterocycles. The first-order valence-corrected chi connectivity index (χ1v) is 12.8. The summed E-state index contributed by atoms with van der Waals surface area (Å²) in [6.07, 6.45) is 3.24. The molecular formula is C24H32N2O5S. The molecule has 32 heavy (non-hydrogen) atoms. The molecule has 0 aromatic heterocycles. The van der Waals surface area contributed by atoms with Gasteiger partial charge in [-0.15, -0.1) is 0 Å². The number of piperazine rings is 1. The Morgan fingerprint density at radius 1 is 0.938 bits per heavy atom. The van der Waals surface area contributed by atoms with Crippen molar-refractivity contribution >= 4 is 15.7 Å². The van der Waals surface area contributed by atoms with E-state index in [1.807, 2.05) is 17.0 Å². The van der Waals surface area contributed by atoms with Crippen molar-refractivity contribution in [3.8, 4) is 11.5 Å². The maximum atomic E-state index is 12.5.